The number of aromatic nitrogens is 1. The van der Waals surface area contributed by atoms with Crippen molar-refractivity contribution in [2.24, 2.45) is 0 Å². The average molecular weight is 280 g/mol. The van der Waals surface area contributed by atoms with Crippen LogP contribution in [0.2, 0.25) is 0 Å². The molecular formula is C12H16N4O4. The highest BCUT2D eigenvalue weighted by Gasteiger charge is 2.35. The van der Waals surface area contributed by atoms with E-state index < -0.39 is 11.9 Å². The van der Waals surface area contributed by atoms with Gasteiger partial charge >= 0.3 is 0 Å². The lowest BCUT2D eigenvalue weighted by Gasteiger charge is -2.17. The molecule has 1 aliphatic heterocycles. The fourth-order valence-corrected chi connectivity index (χ4v) is 1.67. The summed E-state index contributed by atoms with van der Waals surface area (Å²) in [5.74, 6) is -1.05. The molecule has 0 unspecified atom stereocenters. The topological polar surface area (TPSA) is 94.7 Å². The molecule has 3 amide bonds. The number of carbonyl (C=O) groups excluding carboxylic acids is 3. The predicted octanol–water partition coefficient (Wildman–Crippen LogP) is -1.02. The lowest BCUT2D eigenvalue weighted by atomic mass is 10.2. The molecule has 2 rings (SSSR count). The highest BCUT2D eigenvalue weighted by atomic mass is 16.7. The van der Waals surface area contributed by atoms with Crippen molar-refractivity contribution in [2.45, 2.75) is 6.04 Å². The van der Waals surface area contributed by atoms with Gasteiger partial charge in [0.15, 0.2) is 0 Å². The maximum atomic E-state index is 12.0. The highest BCUT2D eigenvalue weighted by molar-refractivity contribution is 5.98. The Hall–Kier alpha value is -2.35. The van der Waals surface area contributed by atoms with E-state index in [0.29, 0.717) is 5.56 Å². The zero-order valence-electron chi connectivity index (χ0n) is 11.3. The Balaban J connectivity index is 1.91. The largest absolute Gasteiger partial charge is 0.367 e. The van der Waals surface area contributed by atoms with Crippen molar-refractivity contribution in [3.05, 3.63) is 24.0 Å². The number of carbonyl (C=O) groups is 3. The molecule has 0 bridgehead atoms. The molecule has 20 heavy (non-hydrogen) atoms. The molecular weight excluding hydrogens is 264 g/mol. The molecule has 8 heteroatoms. The Labute approximate surface area is 115 Å². The number of hydrogen-bond donors (Lipinski definition) is 2. The van der Waals surface area contributed by atoms with Gasteiger partial charge in [-0.2, -0.15) is 0 Å². The van der Waals surface area contributed by atoms with Crippen molar-refractivity contribution in [1.82, 2.24) is 20.3 Å². The maximum absolute atomic E-state index is 12.0. The van der Waals surface area contributed by atoms with Crippen LogP contribution in [0.4, 0.5) is 0 Å². The molecule has 0 aromatic carbocycles. The zero-order valence-corrected chi connectivity index (χ0v) is 11.3. The fraction of sp³-hybridized carbons (Fsp3) is 0.417. The van der Waals surface area contributed by atoms with Crippen LogP contribution in [-0.2, 0) is 14.4 Å². The minimum atomic E-state index is -0.771. The van der Waals surface area contributed by atoms with Crippen molar-refractivity contribution >= 4 is 17.7 Å². The van der Waals surface area contributed by atoms with Crippen molar-refractivity contribution in [2.75, 3.05) is 27.2 Å². The van der Waals surface area contributed by atoms with Crippen LogP contribution in [0.15, 0.2) is 18.5 Å². The van der Waals surface area contributed by atoms with E-state index in [-0.39, 0.29) is 25.0 Å². The van der Waals surface area contributed by atoms with Crippen LogP contribution in [0.3, 0.4) is 0 Å². The minimum absolute atomic E-state index is 0.0235. The SMILES string of the molecule is CN(C)C(=O)CN1OC[C@@H](NC(=O)c2cc[nH]c2)C1=O. The summed E-state index contributed by atoms with van der Waals surface area (Å²) in [6, 6.07) is 0.829. The van der Waals surface area contributed by atoms with E-state index in [0.717, 1.165) is 5.06 Å². The second kappa shape index (κ2) is 5.74. The summed E-state index contributed by atoms with van der Waals surface area (Å²) in [6.07, 6.45) is 3.15. The van der Waals surface area contributed by atoms with E-state index in [9.17, 15) is 14.4 Å². The van der Waals surface area contributed by atoms with E-state index in [4.69, 9.17) is 4.84 Å². The average Bonchev–Trinajstić information content (AvgIpc) is 3.03. The van der Waals surface area contributed by atoms with Gasteiger partial charge in [-0.25, -0.2) is 5.06 Å². The molecule has 1 aromatic heterocycles. The second-order valence-electron chi connectivity index (χ2n) is 4.58. The number of H-pyrrole nitrogens is 1. The first-order valence-corrected chi connectivity index (χ1v) is 6.07. The molecule has 0 spiro atoms. The summed E-state index contributed by atoms with van der Waals surface area (Å²) in [5.41, 5.74) is 0.431. The molecule has 108 valence electrons. The summed E-state index contributed by atoms with van der Waals surface area (Å²) in [4.78, 5) is 44.6. The Morgan fingerprint density at radius 2 is 2.30 bits per heavy atom. The lowest BCUT2D eigenvalue weighted by Crippen LogP contribution is -2.44. The molecule has 1 atom stereocenters. The molecule has 1 aliphatic rings. The summed E-state index contributed by atoms with van der Waals surface area (Å²) < 4.78 is 0. The van der Waals surface area contributed by atoms with E-state index in [1.165, 1.54) is 11.1 Å². The zero-order chi connectivity index (χ0) is 14.7. The van der Waals surface area contributed by atoms with E-state index in [1.54, 1.807) is 26.4 Å². The van der Waals surface area contributed by atoms with Gasteiger partial charge < -0.3 is 15.2 Å². The first-order chi connectivity index (χ1) is 9.49. The molecule has 1 saturated heterocycles. The molecule has 0 radical (unpaired) electrons. The van der Waals surface area contributed by atoms with Gasteiger partial charge in [0, 0.05) is 26.5 Å². The van der Waals surface area contributed by atoms with E-state index in [1.807, 2.05) is 0 Å². The number of likely N-dealkylation sites (N-methyl/N-ethyl adjacent to an activating group) is 1. The van der Waals surface area contributed by atoms with Gasteiger partial charge in [0.05, 0.1) is 5.56 Å². The number of rotatable bonds is 4. The third-order valence-corrected chi connectivity index (χ3v) is 2.88. The standard InChI is InChI=1S/C12H16N4O4/c1-15(2)10(17)6-16-12(19)9(7-20-16)14-11(18)8-3-4-13-5-8/h3-5,9,13H,6-7H2,1-2H3,(H,14,18)/t9-/m1/s1. The third-order valence-electron chi connectivity index (χ3n) is 2.88. The maximum Gasteiger partial charge on any atom is 0.271 e. The minimum Gasteiger partial charge on any atom is -0.367 e. The molecule has 2 N–H and O–H groups in total. The van der Waals surface area contributed by atoms with Crippen LogP contribution in [-0.4, -0.2) is 66.0 Å². The summed E-state index contributed by atoms with van der Waals surface area (Å²) in [6.45, 7) is -0.141. The van der Waals surface area contributed by atoms with Gasteiger partial charge in [0.25, 0.3) is 11.8 Å². The van der Waals surface area contributed by atoms with E-state index in [2.05, 4.69) is 10.3 Å². The predicted molar refractivity (Wildman–Crippen MR) is 68.4 cm³/mol. The second-order valence-corrected chi connectivity index (χ2v) is 4.58. The van der Waals surface area contributed by atoms with Crippen LogP contribution < -0.4 is 5.32 Å². The third kappa shape index (κ3) is 2.97. The number of hydrogen-bond acceptors (Lipinski definition) is 4. The number of nitrogens with one attached hydrogen (secondary N) is 2. The molecule has 0 saturated carbocycles. The first kappa shape index (κ1) is 14.1. The quantitative estimate of drug-likeness (QED) is 0.737. The van der Waals surface area contributed by atoms with Gasteiger partial charge in [-0.05, 0) is 6.07 Å². The lowest BCUT2D eigenvalue weighted by molar-refractivity contribution is -0.168. The van der Waals surface area contributed by atoms with Gasteiger partial charge in [-0.15, -0.1) is 0 Å². The molecule has 0 aliphatic carbocycles. The Bertz CT molecular complexity index is 512. The first-order valence-electron chi connectivity index (χ1n) is 6.07. The monoisotopic (exact) mass is 280 g/mol. The number of hydroxylamine groups is 2. The molecule has 1 fully saturated rings. The van der Waals surface area contributed by atoms with Crippen LogP contribution in [0.5, 0.6) is 0 Å². The normalized spacial score (nSPS) is 18.2. The van der Waals surface area contributed by atoms with Crippen molar-refractivity contribution in [1.29, 1.82) is 0 Å². The fourth-order valence-electron chi connectivity index (χ4n) is 1.67. The molecule has 8 nitrogen and oxygen atoms in total. The number of nitrogens with zero attached hydrogens (tertiary/aromatic N) is 2. The van der Waals surface area contributed by atoms with Gasteiger partial charge in [-0.3, -0.25) is 19.2 Å². The smallest absolute Gasteiger partial charge is 0.271 e. The molecule has 2 heterocycles. The van der Waals surface area contributed by atoms with Crippen LogP contribution in [0.25, 0.3) is 0 Å². The van der Waals surface area contributed by atoms with Gasteiger partial charge in [-0.1, -0.05) is 0 Å². The summed E-state index contributed by atoms with van der Waals surface area (Å²) in [5, 5.41) is 3.54. The molecule has 1 aromatic rings. The van der Waals surface area contributed by atoms with Crippen LogP contribution in [0, 0.1) is 0 Å². The van der Waals surface area contributed by atoms with Gasteiger partial charge in [0.1, 0.15) is 19.2 Å². The van der Waals surface area contributed by atoms with E-state index >= 15 is 0 Å². The van der Waals surface area contributed by atoms with Crippen molar-refractivity contribution in [3.63, 3.8) is 0 Å². The Morgan fingerprint density at radius 3 is 2.90 bits per heavy atom. The Kier molecular flexibility index (Phi) is 4.04. The van der Waals surface area contributed by atoms with Gasteiger partial charge in [0.2, 0.25) is 5.91 Å². The van der Waals surface area contributed by atoms with Crippen LogP contribution >= 0.6 is 0 Å². The summed E-state index contributed by atoms with van der Waals surface area (Å²) >= 11 is 0. The van der Waals surface area contributed by atoms with Crippen molar-refractivity contribution < 1.29 is 19.2 Å². The highest BCUT2D eigenvalue weighted by Crippen LogP contribution is 2.09. The number of amides is 3. The van der Waals surface area contributed by atoms with Crippen molar-refractivity contribution in [3.8, 4) is 0 Å². The Morgan fingerprint density at radius 1 is 1.55 bits per heavy atom. The number of aromatic amines is 1. The summed E-state index contributed by atoms with van der Waals surface area (Å²) in [7, 11) is 3.18. The van der Waals surface area contributed by atoms with Crippen LogP contribution in [0.1, 0.15) is 10.4 Å².